The van der Waals surface area contributed by atoms with Gasteiger partial charge < -0.3 is 13.9 Å². The number of unbranched alkanes of at least 4 members (excludes halogenated alkanes) is 17. The molecule has 0 saturated carbocycles. The second-order valence-electron chi connectivity index (χ2n) is 13.2. The smallest absolute Gasteiger partial charge is 0.309 e. The van der Waals surface area contributed by atoms with E-state index in [0.29, 0.717) is 6.61 Å². The largest absolute Gasteiger partial charge is 0.363 e. The molecule has 0 rings (SSSR count). The van der Waals surface area contributed by atoms with E-state index in [1.54, 1.807) is 0 Å². The van der Waals surface area contributed by atoms with Crippen LogP contribution in [0.3, 0.4) is 0 Å². The van der Waals surface area contributed by atoms with Gasteiger partial charge in [-0.1, -0.05) is 152 Å². The molecule has 276 valence electrons. The topological polar surface area (TPSA) is 40.2 Å². The summed E-state index contributed by atoms with van der Waals surface area (Å²) in [6.45, 7) is 5.92. The van der Waals surface area contributed by atoms with E-state index in [4.69, 9.17) is 18.6 Å². The van der Waals surface area contributed by atoms with Gasteiger partial charge in [-0.05, 0) is 84.7 Å². The zero-order chi connectivity index (χ0) is 34.3. The van der Waals surface area contributed by atoms with E-state index in [0.717, 1.165) is 32.2 Å². The summed E-state index contributed by atoms with van der Waals surface area (Å²) in [6, 6.07) is 0. The van der Waals surface area contributed by atoms with Gasteiger partial charge in [-0.25, -0.2) is 4.89 Å². The minimum Gasteiger partial charge on any atom is -0.309 e. The minimum absolute atomic E-state index is 0.169. The Kier molecular flexibility index (Phi) is 38.9. The van der Waals surface area contributed by atoms with Gasteiger partial charge in [0, 0.05) is 6.54 Å². The van der Waals surface area contributed by atoms with Crippen LogP contribution in [0.5, 0.6) is 0 Å². The van der Waals surface area contributed by atoms with Crippen molar-refractivity contribution >= 4 is 8.60 Å². The van der Waals surface area contributed by atoms with Gasteiger partial charge in [0.15, 0.2) is 0 Å². The Morgan fingerprint density at radius 2 is 0.957 bits per heavy atom. The molecule has 0 aliphatic rings. The Labute approximate surface area is 294 Å². The lowest BCUT2D eigenvalue weighted by Gasteiger charge is -2.23. The van der Waals surface area contributed by atoms with Crippen molar-refractivity contribution in [3.8, 4) is 0 Å². The van der Waals surface area contributed by atoms with Crippen LogP contribution in [0.25, 0.3) is 0 Å². The van der Waals surface area contributed by atoms with Gasteiger partial charge in [-0.3, -0.25) is 0 Å². The Balaban J connectivity index is 4.22. The van der Waals surface area contributed by atoms with Crippen molar-refractivity contribution in [2.24, 2.45) is 0 Å². The molecule has 0 aromatic rings. The Morgan fingerprint density at radius 3 is 1.40 bits per heavy atom. The fourth-order valence-corrected chi connectivity index (χ4v) is 6.28. The molecule has 0 heterocycles. The molecule has 0 aliphatic heterocycles. The summed E-state index contributed by atoms with van der Waals surface area (Å²) >= 11 is 0. The third-order valence-corrected chi connectivity index (χ3v) is 9.44. The van der Waals surface area contributed by atoms with Crippen LogP contribution in [-0.4, -0.2) is 45.4 Å². The average molecular weight is 680 g/mol. The molecular formula is C41H78NO4P. The van der Waals surface area contributed by atoms with Gasteiger partial charge in [-0.15, -0.1) is 0 Å². The number of hydrogen-bond acceptors (Lipinski definition) is 5. The molecule has 0 aromatic heterocycles. The molecule has 0 spiro atoms. The SMILES string of the molecule is CCCC/C=C/C/C=C\CCCCCCCCC(CCCCCCCC/C=C\C/C=C\CCCCC)OP(OCCN(C)C)OOC. The molecule has 0 aliphatic carbocycles. The van der Waals surface area contributed by atoms with Crippen molar-refractivity contribution in [1.29, 1.82) is 0 Å². The van der Waals surface area contributed by atoms with E-state index < -0.39 is 8.60 Å². The second kappa shape index (κ2) is 39.6. The lowest BCUT2D eigenvalue weighted by Crippen LogP contribution is -2.18. The Morgan fingerprint density at radius 1 is 0.532 bits per heavy atom. The second-order valence-corrected chi connectivity index (χ2v) is 14.3. The number of allylic oxidation sites excluding steroid dienone is 8. The molecule has 2 unspecified atom stereocenters. The summed E-state index contributed by atoms with van der Waals surface area (Å²) < 4.78 is 17.7. The van der Waals surface area contributed by atoms with Crippen LogP contribution in [0.2, 0.25) is 0 Å². The van der Waals surface area contributed by atoms with Crippen LogP contribution in [0.4, 0.5) is 0 Å². The highest BCUT2D eigenvalue weighted by Crippen LogP contribution is 2.42. The number of hydrogen-bond donors (Lipinski definition) is 0. The first-order valence-corrected chi connectivity index (χ1v) is 20.8. The van der Waals surface area contributed by atoms with Gasteiger partial charge >= 0.3 is 8.60 Å². The van der Waals surface area contributed by atoms with Crippen molar-refractivity contribution in [2.45, 2.75) is 180 Å². The number of nitrogens with zero attached hydrogens (tertiary/aromatic N) is 1. The highest BCUT2D eigenvalue weighted by Gasteiger charge is 2.20. The molecule has 2 atom stereocenters. The molecule has 0 radical (unpaired) electrons. The van der Waals surface area contributed by atoms with E-state index in [2.05, 4.69) is 67.4 Å². The Hall–Kier alpha value is -0.810. The van der Waals surface area contributed by atoms with Crippen LogP contribution in [0, 0.1) is 0 Å². The van der Waals surface area contributed by atoms with E-state index >= 15 is 0 Å². The summed E-state index contributed by atoms with van der Waals surface area (Å²) in [7, 11) is 4.13. The lowest BCUT2D eigenvalue weighted by atomic mass is 10.0. The molecule has 0 aromatic carbocycles. The Bertz CT molecular complexity index is 724. The third kappa shape index (κ3) is 37.9. The maximum absolute atomic E-state index is 6.37. The van der Waals surface area contributed by atoms with Gasteiger partial charge in [0.1, 0.15) is 0 Å². The summed E-state index contributed by atoms with van der Waals surface area (Å²) in [5.74, 6) is 0. The van der Waals surface area contributed by atoms with Gasteiger partial charge in [-0.2, -0.15) is 4.67 Å². The van der Waals surface area contributed by atoms with E-state index in [1.807, 2.05) is 14.1 Å². The lowest BCUT2D eigenvalue weighted by molar-refractivity contribution is -0.192. The first-order chi connectivity index (χ1) is 23.1. The first kappa shape index (κ1) is 46.2. The number of rotatable bonds is 37. The van der Waals surface area contributed by atoms with Gasteiger partial charge in [0.2, 0.25) is 0 Å². The fourth-order valence-electron chi connectivity index (χ4n) is 5.33. The summed E-state index contributed by atoms with van der Waals surface area (Å²) in [5, 5.41) is 0. The number of likely N-dealkylation sites (N-methyl/N-ethyl adjacent to an activating group) is 1. The molecule has 0 N–H and O–H groups in total. The molecule has 0 bridgehead atoms. The predicted molar refractivity (Wildman–Crippen MR) is 208 cm³/mol. The highest BCUT2D eigenvalue weighted by molar-refractivity contribution is 7.41. The molecule has 6 heteroatoms. The van der Waals surface area contributed by atoms with Crippen molar-refractivity contribution in [3.63, 3.8) is 0 Å². The first-order valence-electron chi connectivity index (χ1n) is 19.7. The van der Waals surface area contributed by atoms with E-state index in [-0.39, 0.29) is 6.10 Å². The molecular weight excluding hydrogens is 601 g/mol. The molecule has 47 heavy (non-hydrogen) atoms. The van der Waals surface area contributed by atoms with Crippen LogP contribution < -0.4 is 0 Å². The van der Waals surface area contributed by atoms with E-state index in [9.17, 15) is 0 Å². The van der Waals surface area contributed by atoms with Crippen LogP contribution in [-0.2, 0) is 18.6 Å². The average Bonchev–Trinajstić information content (AvgIpc) is 3.06. The summed E-state index contributed by atoms with van der Waals surface area (Å²) in [6.07, 6.45) is 50.1. The van der Waals surface area contributed by atoms with Crippen molar-refractivity contribution in [2.75, 3.05) is 34.4 Å². The monoisotopic (exact) mass is 680 g/mol. The maximum Gasteiger partial charge on any atom is 0.363 e. The fraction of sp³-hybridized carbons (Fsp3) is 0.805. The van der Waals surface area contributed by atoms with E-state index in [1.165, 1.54) is 142 Å². The molecule has 0 amide bonds. The van der Waals surface area contributed by atoms with Gasteiger partial charge in [0.25, 0.3) is 0 Å². The zero-order valence-electron chi connectivity index (χ0n) is 31.8. The quantitative estimate of drug-likeness (QED) is 0.0215. The summed E-state index contributed by atoms with van der Waals surface area (Å²) in [4.78, 5) is 7.08. The van der Waals surface area contributed by atoms with Crippen molar-refractivity contribution in [3.05, 3.63) is 48.6 Å². The molecule has 0 fully saturated rings. The van der Waals surface area contributed by atoms with Gasteiger partial charge in [0.05, 0.1) is 19.8 Å². The normalized spacial score (nSPS) is 13.8. The van der Waals surface area contributed by atoms with Crippen LogP contribution in [0.1, 0.15) is 174 Å². The highest BCUT2D eigenvalue weighted by atomic mass is 31.2. The molecule has 0 saturated heterocycles. The minimum atomic E-state index is -1.49. The predicted octanol–water partition coefficient (Wildman–Crippen LogP) is 13.8. The summed E-state index contributed by atoms with van der Waals surface area (Å²) in [5.41, 5.74) is 0. The maximum atomic E-state index is 6.37. The standard InChI is InChI=1S/C41H78NO4P/c1-6-8-10-12-14-16-18-20-22-24-26-28-30-32-34-36-38-41(45-47(46-43-5)44-40-39-42(3)4)37-35-33-31-29-27-25-23-21-19-17-15-13-11-9-7-2/h13-16,19-22,41H,6-12,17-18,23-40H2,1-5H3/b15-13+,16-14-,21-19-,22-20-. The van der Waals surface area contributed by atoms with Crippen LogP contribution >= 0.6 is 8.60 Å². The third-order valence-electron chi connectivity index (χ3n) is 8.31. The molecule has 5 nitrogen and oxygen atoms in total. The zero-order valence-corrected chi connectivity index (χ0v) is 32.7. The van der Waals surface area contributed by atoms with Crippen molar-refractivity contribution < 1.29 is 18.6 Å². The van der Waals surface area contributed by atoms with Crippen molar-refractivity contribution in [1.82, 2.24) is 4.90 Å². The van der Waals surface area contributed by atoms with Crippen LogP contribution in [0.15, 0.2) is 48.6 Å².